The average molecular weight is 369 g/mol. The summed E-state index contributed by atoms with van der Waals surface area (Å²) in [5.41, 5.74) is 1.18. The van der Waals surface area contributed by atoms with Gasteiger partial charge in [-0.15, -0.1) is 11.3 Å². The van der Waals surface area contributed by atoms with Gasteiger partial charge in [0, 0.05) is 39.2 Å². The molecule has 0 unspecified atom stereocenters. The van der Waals surface area contributed by atoms with Crippen molar-refractivity contribution in [2.75, 3.05) is 26.7 Å². The zero-order valence-electron chi connectivity index (χ0n) is 15.0. The fourth-order valence-electron chi connectivity index (χ4n) is 4.05. The summed E-state index contributed by atoms with van der Waals surface area (Å²) < 4.78 is 1.13. The minimum absolute atomic E-state index is 0.0550. The first-order valence-electron chi connectivity index (χ1n) is 9.11. The highest BCUT2D eigenvalue weighted by Crippen LogP contribution is 2.39. The van der Waals surface area contributed by atoms with Gasteiger partial charge in [-0.25, -0.2) is 4.98 Å². The van der Waals surface area contributed by atoms with Gasteiger partial charge in [0.1, 0.15) is 5.01 Å². The van der Waals surface area contributed by atoms with Crippen LogP contribution in [0.4, 0.5) is 0 Å². The predicted octanol–water partition coefficient (Wildman–Crippen LogP) is 3.17. The maximum Gasteiger partial charge on any atom is 0.246 e. The number of rotatable bonds is 2. The third-order valence-corrected chi connectivity index (χ3v) is 6.68. The van der Waals surface area contributed by atoms with E-state index < -0.39 is 0 Å². The Hall–Kier alpha value is -2.21. The number of piperidine rings is 2. The van der Waals surface area contributed by atoms with Gasteiger partial charge in [-0.3, -0.25) is 9.59 Å². The van der Waals surface area contributed by atoms with E-state index in [-0.39, 0.29) is 17.2 Å². The second kappa shape index (κ2) is 6.83. The molecule has 1 aromatic carbocycles. The number of carbonyl (C=O) groups excluding carboxylic acids is 2. The van der Waals surface area contributed by atoms with Crippen LogP contribution in [-0.4, -0.2) is 53.3 Å². The Kier molecular flexibility index (Phi) is 4.53. The summed E-state index contributed by atoms with van der Waals surface area (Å²) in [6.45, 7) is 2.37. The fraction of sp³-hybridized carbons (Fsp3) is 0.450. The molecule has 5 nitrogen and oxygen atoms in total. The van der Waals surface area contributed by atoms with Crippen LogP contribution in [0.3, 0.4) is 0 Å². The van der Waals surface area contributed by atoms with Gasteiger partial charge in [0.15, 0.2) is 0 Å². The zero-order chi connectivity index (χ0) is 18.1. The molecule has 2 fully saturated rings. The molecule has 0 aliphatic carbocycles. The van der Waals surface area contributed by atoms with E-state index in [2.05, 4.69) is 4.98 Å². The second-order valence-corrected chi connectivity index (χ2v) is 8.49. The van der Waals surface area contributed by atoms with Crippen molar-refractivity contribution in [1.29, 1.82) is 0 Å². The van der Waals surface area contributed by atoms with Crippen LogP contribution in [0.25, 0.3) is 16.3 Å². The normalized spacial score (nSPS) is 20.4. The van der Waals surface area contributed by atoms with Crippen molar-refractivity contribution in [2.45, 2.75) is 25.7 Å². The number of fused-ring (bicyclic) bond motifs is 1. The predicted molar refractivity (Wildman–Crippen MR) is 104 cm³/mol. The number of thiazole rings is 1. The molecule has 0 atom stereocenters. The van der Waals surface area contributed by atoms with Crippen molar-refractivity contribution >= 4 is 39.4 Å². The molecular formula is C20H23N3O2S. The quantitative estimate of drug-likeness (QED) is 0.764. The van der Waals surface area contributed by atoms with E-state index in [0.29, 0.717) is 6.42 Å². The van der Waals surface area contributed by atoms with Crippen LogP contribution in [0.1, 0.15) is 30.7 Å². The number of aromatic nitrogens is 1. The summed E-state index contributed by atoms with van der Waals surface area (Å²) in [6, 6.07) is 8.00. The number of carbonyl (C=O) groups is 2. The molecule has 2 aliphatic heterocycles. The van der Waals surface area contributed by atoms with Gasteiger partial charge in [0.25, 0.3) is 0 Å². The highest BCUT2D eigenvalue weighted by Gasteiger charge is 2.40. The van der Waals surface area contributed by atoms with Gasteiger partial charge >= 0.3 is 0 Å². The van der Waals surface area contributed by atoms with Crippen molar-refractivity contribution in [2.24, 2.45) is 5.41 Å². The highest BCUT2D eigenvalue weighted by molar-refractivity contribution is 7.19. The molecule has 0 saturated carbocycles. The molecule has 1 spiro atoms. The van der Waals surface area contributed by atoms with E-state index in [4.69, 9.17) is 0 Å². The summed E-state index contributed by atoms with van der Waals surface area (Å²) in [5.74, 6) is 0.298. The van der Waals surface area contributed by atoms with E-state index in [1.807, 2.05) is 47.2 Å². The van der Waals surface area contributed by atoms with Gasteiger partial charge in [0.2, 0.25) is 11.8 Å². The summed E-state index contributed by atoms with van der Waals surface area (Å²) in [7, 11) is 1.89. The van der Waals surface area contributed by atoms with Crippen LogP contribution in [0.15, 0.2) is 30.3 Å². The smallest absolute Gasteiger partial charge is 0.246 e. The summed E-state index contributed by atoms with van der Waals surface area (Å²) in [4.78, 5) is 32.6. The van der Waals surface area contributed by atoms with E-state index >= 15 is 0 Å². The number of para-hydroxylation sites is 1. The van der Waals surface area contributed by atoms with Crippen LogP contribution in [0, 0.1) is 5.41 Å². The Balaban J connectivity index is 1.37. The first-order valence-corrected chi connectivity index (χ1v) is 9.93. The van der Waals surface area contributed by atoms with E-state index in [0.717, 1.165) is 54.1 Å². The van der Waals surface area contributed by atoms with Gasteiger partial charge in [-0.2, -0.15) is 0 Å². The van der Waals surface area contributed by atoms with Gasteiger partial charge < -0.3 is 9.80 Å². The Bertz CT molecular complexity index is 832. The molecule has 6 heteroatoms. The molecule has 2 aliphatic rings. The molecule has 2 amide bonds. The number of benzene rings is 1. The minimum atomic E-state index is 0.0550. The second-order valence-electron chi connectivity index (χ2n) is 7.43. The number of hydrogen-bond donors (Lipinski definition) is 0. The Morgan fingerprint density at radius 1 is 1.23 bits per heavy atom. The summed E-state index contributed by atoms with van der Waals surface area (Å²) in [6.07, 6.45) is 7.02. The summed E-state index contributed by atoms with van der Waals surface area (Å²) in [5, 5.41) is 0.862. The molecular weight excluding hydrogens is 346 g/mol. The standard InChI is InChI=1S/C20H23N3O2S/c1-22-14-20(9-8-18(22)24)10-12-23(13-11-20)19(25)7-6-17-21-15-4-2-3-5-16(15)26-17/h2-7H,8-14H2,1H3/b7-6+. The lowest BCUT2D eigenvalue weighted by Crippen LogP contribution is -2.51. The highest BCUT2D eigenvalue weighted by atomic mass is 32.1. The van der Waals surface area contributed by atoms with Crippen molar-refractivity contribution in [3.05, 3.63) is 35.3 Å². The van der Waals surface area contributed by atoms with Crippen LogP contribution in [0.2, 0.25) is 0 Å². The SMILES string of the molecule is CN1CC2(CCC1=O)CCN(C(=O)/C=C/c1nc3ccccc3s1)CC2. The largest absolute Gasteiger partial charge is 0.345 e. The number of amides is 2. The molecule has 1 aromatic heterocycles. The molecule has 26 heavy (non-hydrogen) atoms. The molecule has 0 radical (unpaired) electrons. The molecule has 2 saturated heterocycles. The van der Waals surface area contributed by atoms with Gasteiger partial charge in [-0.05, 0) is 42.9 Å². The van der Waals surface area contributed by atoms with Crippen molar-refractivity contribution < 1.29 is 9.59 Å². The monoisotopic (exact) mass is 369 g/mol. The molecule has 2 aromatic rings. The van der Waals surface area contributed by atoms with Crippen molar-refractivity contribution in [1.82, 2.24) is 14.8 Å². The minimum Gasteiger partial charge on any atom is -0.345 e. The Morgan fingerprint density at radius 3 is 2.73 bits per heavy atom. The third kappa shape index (κ3) is 3.38. The molecule has 0 N–H and O–H groups in total. The number of nitrogens with zero attached hydrogens (tertiary/aromatic N) is 3. The molecule has 136 valence electrons. The van der Waals surface area contributed by atoms with Crippen LogP contribution in [-0.2, 0) is 9.59 Å². The van der Waals surface area contributed by atoms with Crippen LogP contribution >= 0.6 is 11.3 Å². The van der Waals surface area contributed by atoms with Gasteiger partial charge in [0.05, 0.1) is 10.2 Å². The lowest BCUT2D eigenvalue weighted by atomic mass is 9.72. The fourth-order valence-corrected chi connectivity index (χ4v) is 4.92. The molecule has 4 rings (SSSR count). The van der Waals surface area contributed by atoms with E-state index in [9.17, 15) is 9.59 Å². The Labute approximate surface area is 157 Å². The van der Waals surface area contributed by atoms with Crippen LogP contribution in [0.5, 0.6) is 0 Å². The molecule has 3 heterocycles. The van der Waals surface area contributed by atoms with Crippen LogP contribution < -0.4 is 0 Å². The first-order chi connectivity index (χ1) is 12.5. The third-order valence-electron chi connectivity index (χ3n) is 5.68. The van der Waals surface area contributed by atoms with E-state index in [1.54, 1.807) is 17.4 Å². The Morgan fingerprint density at radius 2 is 2.00 bits per heavy atom. The molecule has 0 bridgehead atoms. The van der Waals surface area contributed by atoms with Gasteiger partial charge in [-0.1, -0.05) is 12.1 Å². The summed E-state index contributed by atoms with van der Waals surface area (Å²) >= 11 is 1.60. The maximum absolute atomic E-state index is 12.5. The lowest BCUT2D eigenvalue weighted by Gasteiger charge is -2.46. The van der Waals surface area contributed by atoms with Crippen molar-refractivity contribution in [3.63, 3.8) is 0 Å². The lowest BCUT2D eigenvalue weighted by molar-refractivity contribution is -0.139. The average Bonchev–Trinajstić information content (AvgIpc) is 3.07. The number of hydrogen-bond acceptors (Lipinski definition) is 4. The topological polar surface area (TPSA) is 53.5 Å². The first kappa shape index (κ1) is 17.2. The number of likely N-dealkylation sites (tertiary alicyclic amines) is 2. The zero-order valence-corrected chi connectivity index (χ0v) is 15.8. The maximum atomic E-state index is 12.5. The van der Waals surface area contributed by atoms with Crippen molar-refractivity contribution in [3.8, 4) is 0 Å². The van der Waals surface area contributed by atoms with E-state index in [1.165, 1.54) is 0 Å².